The molecule has 10 heteroatoms. The highest BCUT2D eigenvalue weighted by Crippen LogP contribution is 2.18. The van der Waals surface area contributed by atoms with Crippen LogP contribution in [0.2, 0.25) is 5.28 Å². The van der Waals surface area contributed by atoms with Gasteiger partial charge in [-0.15, -0.1) is 0 Å². The lowest BCUT2D eigenvalue weighted by Crippen LogP contribution is -2.14. The molecule has 108 valence electrons. The number of nitrogens with zero attached hydrogens (tertiary/aromatic N) is 2. The van der Waals surface area contributed by atoms with Crippen LogP contribution < -0.4 is 10.4 Å². The number of halogens is 1. The number of hydrogen-bond donors (Lipinski definition) is 3. The number of hydrogen-bond acceptors (Lipinski definition) is 5. The normalized spacial score (nSPS) is 11.7. The molecule has 0 aliphatic rings. The van der Waals surface area contributed by atoms with Gasteiger partial charge in [-0.1, -0.05) is 0 Å². The fourth-order valence-electron chi connectivity index (χ4n) is 1.77. The maximum absolute atomic E-state index is 12.2. The van der Waals surface area contributed by atoms with Crippen LogP contribution in [0.4, 0.5) is 5.82 Å². The van der Waals surface area contributed by atoms with Gasteiger partial charge in [-0.3, -0.25) is 4.72 Å². The number of aromatic nitrogens is 4. The summed E-state index contributed by atoms with van der Waals surface area (Å²) in [6, 6.07) is 5.59. The van der Waals surface area contributed by atoms with Crippen molar-refractivity contribution < 1.29 is 8.42 Å². The van der Waals surface area contributed by atoms with Crippen LogP contribution in [0.5, 0.6) is 0 Å². The highest BCUT2D eigenvalue weighted by Gasteiger charge is 2.16. The minimum absolute atomic E-state index is 0.0139. The minimum atomic E-state index is -3.85. The van der Waals surface area contributed by atoms with E-state index in [9.17, 15) is 13.2 Å². The zero-order valence-corrected chi connectivity index (χ0v) is 11.9. The summed E-state index contributed by atoms with van der Waals surface area (Å²) in [5.74, 6) is 0.0534. The quantitative estimate of drug-likeness (QED) is 0.623. The van der Waals surface area contributed by atoms with E-state index < -0.39 is 15.7 Å². The van der Waals surface area contributed by atoms with E-state index in [1.165, 1.54) is 30.5 Å². The number of sulfonamides is 1. The lowest BCUT2D eigenvalue weighted by atomic mass is 10.3. The van der Waals surface area contributed by atoms with Crippen molar-refractivity contribution in [2.45, 2.75) is 4.90 Å². The van der Waals surface area contributed by atoms with E-state index in [1.54, 1.807) is 0 Å². The number of benzene rings is 1. The van der Waals surface area contributed by atoms with E-state index in [2.05, 4.69) is 24.7 Å². The fraction of sp³-hybridized carbons (Fsp3) is 0. The van der Waals surface area contributed by atoms with Gasteiger partial charge in [0, 0.05) is 6.20 Å². The summed E-state index contributed by atoms with van der Waals surface area (Å²) in [6.07, 6.45) is 1.33. The van der Waals surface area contributed by atoms with E-state index in [4.69, 9.17) is 11.6 Å². The molecule has 0 spiro atoms. The smallest absolute Gasteiger partial charge is 0.306 e. The van der Waals surface area contributed by atoms with Crippen LogP contribution >= 0.6 is 11.6 Å². The molecule has 0 fully saturated rings. The third-order valence-corrected chi connectivity index (χ3v) is 4.20. The van der Waals surface area contributed by atoms with Gasteiger partial charge in [-0.2, -0.15) is 4.98 Å². The fourth-order valence-corrected chi connectivity index (χ4v) is 2.94. The van der Waals surface area contributed by atoms with Crippen molar-refractivity contribution in [2.24, 2.45) is 0 Å². The summed E-state index contributed by atoms with van der Waals surface area (Å²) >= 11 is 5.60. The Labute approximate surface area is 123 Å². The molecule has 0 amide bonds. The first-order valence-corrected chi connectivity index (χ1v) is 7.53. The van der Waals surface area contributed by atoms with Gasteiger partial charge in [0.2, 0.25) is 5.28 Å². The van der Waals surface area contributed by atoms with Crippen LogP contribution in [-0.2, 0) is 10.0 Å². The average Bonchev–Trinajstić information content (AvgIpc) is 2.77. The molecule has 2 heterocycles. The average molecular weight is 326 g/mol. The van der Waals surface area contributed by atoms with Gasteiger partial charge in [0.1, 0.15) is 5.82 Å². The van der Waals surface area contributed by atoms with Crippen LogP contribution in [0.3, 0.4) is 0 Å². The second-order valence-corrected chi connectivity index (χ2v) is 6.12. The lowest BCUT2D eigenvalue weighted by Gasteiger charge is -2.07. The number of imidazole rings is 1. The second-order valence-electron chi connectivity index (χ2n) is 4.10. The zero-order valence-electron chi connectivity index (χ0n) is 10.3. The summed E-state index contributed by atoms with van der Waals surface area (Å²) in [6.45, 7) is 0. The van der Waals surface area contributed by atoms with Gasteiger partial charge in [0.25, 0.3) is 10.0 Å². The number of aromatic amines is 2. The largest absolute Gasteiger partial charge is 0.323 e. The maximum atomic E-state index is 12.2. The molecule has 3 aromatic rings. The van der Waals surface area contributed by atoms with Crippen molar-refractivity contribution in [1.29, 1.82) is 0 Å². The van der Waals surface area contributed by atoms with Gasteiger partial charge in [0.05, 0.1) is 15.9 Å². The van der Waals surface area contributed by atoms with Gasteiger partial charge in [-0.05, 0) is 35.9 Å². The Balaban J connectivity index is 2.01. The molecule has 0 saturated heterocycles. The predicted octanol–water partition coefficient (Wildman–Crippen LogP) is 1.10. The molecule has 2 aromatic heterocycles. The number of fused-ring (bicyclic) bond motifs is 1. The first-order valence-electron chi connectivity index (χ1n) is 5.67. The standard InChI is InChI=1S/C11H8ClN5O3S/c12-10-13-4-3-9(16-10)17-21(19,20)6-1-2-7-8(5-6)15-11(18)14-7/h1-5H,(H,13,16,17)(H2,14,15,18). The van der Waals surface area contributed by atoms with Crippen LogP contribution in [0.25, 0.3) is 11.0 Å². The molecule has 1 aromatic carbocycles. The Morgan fingerprint density at radius 3 is 2.67 bits per heavy atom. The van der Waals surface area contributed by atoms with E-state index in [0.29, 0.717) is 11.0 Å². The van der Waals surface area contributed by atoms with Crippen LogP contribution in [-0.4, -0.2) is 28.4 Å². The van der Waals surface area contributed by atoms with Crippen LogP contribution in [0, 0.1) is 0 Å². The molecule has 3 N–H and O–H groups in total. The Hall–Kier alpha value is -2.39. The van der Waals surface area contributed by atoms with Crippen molar-refractivity contribution in [1.82, 2.24) is 19.9 Å². The summed E-state index contributed by atoms with van der Waals surface area (Å²) in [4.78, 5) is 23.6. The molecule has 0 radical (unpaired) electrons. The Morgan fingerprint density at radius 2 is 1.90 bits per heavy atom. The molecule has 0 saturated carbocycles. The van der Waals surface area contributed by atoms with Crippen molar-refractivity contribution in [3.8, 4) is 0 Å². The molecule has 3 rings (SSSR count). The zero-order chi connectivity index (χ0) is 15.0. The molecule has 8 nitrogen and oxygen atoms in total. The molecule has 21 heavy (non-hydrogen) atoms. The van der Waals surface area contributed by atoms with E-state index in [1.807, 2.05) is 0 Å². The first-order chi connectivity index (χ1) is 9.94. The number of nitrogens with one attached hydrogen (secondary N) is 3. The third kappa shape index (κ3) is 2.73. The van der Waals surface area contributed by atoms with Crippen molar-refractivity contribution >= 4 is 38.5 Å². The summed E-state index contributed by atoms with van der Waals surface area (Å²) in [5.41, 5.74) is 0.503. The summed E-state index contributed by atoms with van der Waals surface area (Å²) < 4.78 is 26.8. The van der Waals surface area contributed by atoms with Gasteiger partial charge >= 0.3 is 5.69 Å². The lowest BCUT2D eigenvalue weighted by molar-refractivity contribution is 0.601. The highest BCUT2D eigenvalue weighted by molar-refractivity contribution is 7.92. The predicted molar refractivity (Wildman–Crippen MR) is 76.8 cm³/mol. The van der Waals surface area contributed by atoms with Crippen LogP contribution in [0.1, 0.15) is 0 Å². The summed E-state index contributed by atoms with van der Waals surface area (Å²) in [5, 5.41) is -0.0689. The van der Waals surface area contributed by atoms with E-state index in [0.717, 1.165) is 0 Å². The Bertz CT molecular complexity index is 979. The minimum Gasteiger partial charge on any atom is -0.306 e. The molecule has 0 unspecified atom stereocenters. The summed E-state index contributed by atoms with van der Waals surface area (Å²) in [7, 11) is -3.85. The molecule has 0 aliphatic carbocycles. The monoisotopic (exact) mass is 325 g/mol. The Morgan fingerprint density at radius 1 is 1.14 bits per heavy atom. The molecular weight excluding hydrogens is 318 g/mol. The topological polar surface area (TPSA) is 121 Å². The maximum Gasteiger partial charge on any atom is 0.323 e. The molecular formula is C11H8ClN5O3S. The van der Waals surface area contributed by atoms with Gasteiger partial charge in [-0.25, -0.2) is 18.2 Å². The molecule has 0 aliphatic heterocycles. The van der Waals surface area contributed by atoms with E-state index in [-0.39, 0.29) is 16.0 Å². The first kappa shape index (κ1) is 13.6. The van der Waals surface area contributed by atoms with E-state index >= 15 is 0 Å². The van der Waals surface area contributed by atoms with Crippen LogP contribution in [0.15, 0.2) is 40.2 Å². The van der Waals surface area contributed by atoms with Gasteiger partial charge < -0.3 is 9.97 Å². The SMILES string of the molecule is O=c1[nH]c2ccc(S(=O)(=O)Nc3ccnc(Cl)n3)cc2[nH]1. The number of H-pyrrole nitrogens is 2. The van der Waals surface area contributed by atoms with Crippen molar-refractivity contribution in [3.63, 3.8) is 0 Å². The van der Waals surface area contributed by atoms with Crippen molar-refractivity contribution in [2.75, 3.05) is 4.72 Å². The van der Waals surface area contributed by atoms with Gasteiger partial charge in [0.15, 0.2) is 0 Å². The Kier molecular flexibility index (Phi) is 3.15. The number of anilines is 1. The second kappa shape index (κ2) is 4.86. The third-order valence-electron chi connectivity index (χ3n) is 2.66. The molecule has 0 bridgehead atoms. The van der Waals surface area contributed by atoms with Crippen molar-refractivity contribution in [3.05, 3.63) is 46.2 Å². The number of rotatable bonds is 3. The highest BCUT2D eigenvalue weighted by atomic mass is 35.5. The molecule has 0 atom stereocenters.